The number of carbonyl (C=O) groups is 1. The lowest BCUT2D eigenvalue weighted by molar-refractivity contribution is -0.107. The standard InChI is InChI=1S/C13H18O3/c1-9-8-12(15-3)13(16-4)10(2)11(9)6-5-7-14/h7-8H,5-6H2,1-4H3. The van der Waals surface area contributed by atoms with E-state index >= 15 is 0 Å². The highest BCUT2D eigenvalue weighted by Gasteiger charge is 2.13. The van der Waals surface area contributed by atoms with Crippen molar-refractivity contribution in [3.63, 3.8) is 0 Å². The SMILES string of the molecule is COc1cc(C)c(CCC=O)c(C)c1OC. The maximum absolute atomic E-state index is 10.4. The van der Waals surface area contributed by atoms with E-state index in [9.17, 15) is 4.79 Å². The zero-order valence-electron chi connectivity index (χ0n) is 10.3. The van der Waals surface area contributed by atoms with Gasteiger partial charge < -0.3 is 14.3 Å². The van der Waals surface area contributed by atoms with Crippen LogP contribution < -0.4 is 9.47 Å². The Morgan fingerprint density at radius 2 is 1.94 bits per heavy atom. The van der Waals surface area contributed by atoms with Crippen molar-refractivity contribution in [3.8, 4) is 11.5 Å². The third kappa shape index (κ3) is 2.35. The molecule has 0 atom stereocenters. The van der Waals surface area contributed by atoms with E-state index in [1.165, 1.54) is 5.56 Å². The van der Waals surface area contributed by atoms with E-state index in [4.69, 9.17) is 9.47 Å². The van der Waals surface area contributed by atoms with Gasteiger partial charge in [-0.2, -0.15) is 0 Å². The molecule has 0 aliphatic heterocycles. The van der Waals surface area contributed by atoms with Crippen LogP contribution in [0.3, 0.4) is 0 Å². The Balaban J connectivity index is 3.23. The number of carbonyl (C=O) groups excluding carboxylic acids is 1. The summed E-state index contributed by atoms with van der Waals surface area (Å²) in [6.45, 7) is 4.02. The maximum Gasteiger partial charge on any atom is 0.163 e. The Morgan fingerprint density at radius 1 is 1.25 bits per heavy atom. The molecule has 0 amide bonds. The zero-order chi connectivity index (χ0) is 12.1. The summed E-state index contributed by atoms with van der Waals surface area (Å²) in [5, 5.41) is 0. The van der Waals surface area contributed by atoms with Gasteiger partial charge >= 0.3 is 0 Å². The first kappa shape index (κ1) is 12.6. The Hall–Kier alpha value is -1.51. The van der Waals surface area contributed by atoms with E-state index in [2.05, 4.69) is 0 Å². The second-order valence-corrected chi connectivity index (χ2v) is 3.74. The topological polar surface area (TPSA) is 35.5 Å². The highest BCUT2D eigenvalue weighted by molar-refractivity contribution is 5.56. The van der Waals surface area contributed by atoms with Crippen molar-refractivity contribution in [1.82, 2.24) is 0 Å². The van der Waals surface area contributed by atoms with Gasteiger partial charge in [-0.3, -0.25) is 0 Å². The second kappa shape index (κ2) is 5.54. The molecule has 88 valence electrons. The smallest absolute Gasteiger partial charge is 0.163 e. The van der Waals surface area contributed by atoms with Gasteiger partial charge in [-0.25, -0.2) is 0 Å². The third-order valence-electron chi connectivity index (χ3n) is 2.78. The predicted octanol–water partition coefficient (Wildman–Crippen LogP) is 2.45. The molecule has 0 unspecified atom stereocenters. The average molecular weight is 222 g/mol. The first-order valence-corrected chi connectivity index (χ1v) is 5.30. The van der Waals surface area contributed by atoms with Crippen molar-refractivity contribution >= 4 is 6.29 Å². The Morgan fingerprint density at radius 3 is 2.44 bits per heavy atom. The van der Waals surface area contributed by atoms with Gasteiger partial charge in [0.05, 0.1) is 14.2 Å². The van der Waals surface area contributed by atoms with Crippen molar-refractivity contribution in [2.75, 3.05) is 14.2 Å². The minimum absolute atomic E-state index is 0.539. The molecule has 0 saturated carbocycles. The summed E-state index contributed by atoms with van der Waals surface area (Å²) >= 11 is 0. The van der Waals surface area contributed by atoms with E-state index in [0.29, 0.717) is 6.42 Å². The van der Waals surface area contributed by atoms with Gasteiger partial charge in [0.15, 0.2) is 11.5 Å². The largest absolute Gasteiger partial charge is 0.493 e. The lowest BCUT2D eigenvalue weighted by Gasteiger charge is -2.16. The molecule has 16 heavy (non-hydrogen) atoms. The van der Waals surface area contributed by atoms with Crippen LogP contribution in [0.15, 0.2) is 6.07 Å². The Bertz CT molecular complexity index is 383. The minimum atomic E-state index is 0.539. The zero-order valence-corrected chi connectivity index (χ0v) is 10.3. The molecule has 3 nitrogen and oxygen atoms in total. The van der Waals surface area contributed by atoms with Gasteiger partial charge in [-0.15, -0.1) is 0 Å². The summed E-state index contributed by atoms with van der Waals surface area (Å²) in [6.07, 6.45) is 2.23. The van der Waals surface area contributed by atoms with Gasteiger partial charge in [0.1, 0.15) is 6.29 Å². The van der Waals surface area contributed by atoms with Gasteiger partial charge in [0.25, 0.3) is 0 Å². The predicted molar refractivity (Wildman–Crippen MR) is 63.4 cm³/mol. The van der Waals surface area contributed by atoms with Crippen molar-refractivity contribution in [2.45, 2.75) is 26.7 Å². The van der Waals surface area contributed by atoms with Crippen molar-refractivity contribution in [1.29, 1.82) is 0 Å². The highest BCUT2D eigenvalue weighted by atomic mass is 16.5. The Labute approximate surface area is 96.4 Å². The highest BCUT2D eigenvalue weighted by Crippen LogP contribution is 2.35. The first-order chi connectivity index (χ1) is 7.65. The summed E-state index contributed by atoms with van der Waals surface area (Å²) in [7, 11) is 3.26. The van der Waals surface area contributed by atoms with E-state index in [1.807, 2.05) is 19.9 Å². The molecule has 0 fully saturated rings. The monoisotopic (exact) mass is 222 g/mol. The molecule has 0 heterocycles. The van der Waals surface area contributed by atoms with Crippen molar-refractivity contribution in [2.24, 2.45) is 0 Å². The van der Waals surface area contributed by atoms with Crippen LogP contribution in [0.25, 0.3) is 0 Å². The number of rotatable bonds is 5. The fourth-order valence-electron chi connectivity index (χ4n) is 1.96. The van der Waals surface area contributed by atoms with Crippen LogP contribution in [-0.4, -0.2) is 20.5 Å². The van der Waals surface area contributed by atoms with Crippen LogP contribution in [0.4, 0.5) is 0 Å². The Kier molecular flexibility index (Phi) is 4.35. The summed E-state index contributed by atoms with van der Waals surface area (Å²) in [6, 6.07) is 1.95. The number of methoxy groups -OCH3 is 2. The molecule has 0 saturated heterocycles. The van der Waals surface area contributed by atoms with E-state index in [0.717, 1.165) is 35.3 Å². The van der Waals surface area contributed by atoms with Crippen LogP contribution in [0.2, 0.25) is 0 Å². The van der Waals surface area contributed by atoms with E-state index in [-0.39, 0.29) is 0 Å². The van der Waals surface area contributed by atoms with Crippen molar-refractivity contribution in [3.05, 3.63) is 22.8 Å². The molecule has 1 rings (SSSR count). The van der Waals surface area contributed by atoms with Crippen LogP contribution in [0, 0.1) is 13.8 Å². The molecule has 3 heteroatoms. The summed E-state index contributed by atoms with van der Waals surface area (Å²) in [5.74, 6) is 1.50. The molecule has 0 N–H and O–H groups in total. The van der Waals surface area contributed by atoms with E-state index in [1.54, 1.807) is 14.2 Å². The average Bonchev–Trinajstić information content (AvgIpc) is 2.28. The molecule has 0 spiro atoms. The summed E-state index contributed by atoms with van der Waals surface area (Å²) < 4.78 is 10.6. The molecule has 0 aliphatic rings. The molecule has 1 aromatic rings. The second-order valence-electron chi connectivity index (χ2n) is 3.74. The molecular weight excluding hydrogens is 204 g/mol. The number of aryl methyl sites for hydroxylation is 1. The number of hydrogen-bond donors (Lipinski definition) is 0. The van der Waals surface area contributed by atoms with Gasteiger partial charge in [0.2, 0.25) is 0 Å². The molecule has 1 aromatic carbocycles. The van der Waals surface area contributed by atoms with Crippen LogP contribution in [-0.2, 0) is 11.2 Å². The normalized spacial score (nSPS) is 10.0. The molecular formula is C13H18O3. The fourth-order valence-corrected chi connectivity index (χ4v) is 1.96. The molecule has 0 aliphatic carbocycles. The first-order valence-electron chi connectivity index (χ1n) is 5.30. The number of hydrogen-bond acceptors (Lipinski definition) is 3. The number of benzene rings is 1. The lowest BCUT2D eigenvalue weighted by Crippen LogP contribution is -2.01. The number of ether oxygens (including phenoxy) is 2. The lowest BCUT2D eigenvalue weighted by atomic mass is 9.97. The van der Waals surface area contributed by atoms with E-state index < -0.39 is 0 Å². The van der Waals surface area contributed by atoms with Gasteiger partial charge in [0, 0.05) is 6.42 Å². The fraction of sp³-hybridized carbons (Fsp3) is 0.462. The van der Waals surface area contributed by atoms with Crippen molar-refractivity contribution < 1.29 is 14.3 Å². The van der Waals surface area contributed by atoms with Crippen LogP contribution in [0.5, 0.6) is 11.5 Å². The summed E-state index contributed by atoms with van der Waals surface area (Å²) in [5.41, 5.74) is 3.36. The number of aldehydes is 1. The quantitative estimate of drug-likeness (QED) is 0.718. The maximum atomic E-state index is 10.4. The minimum Gasteiger partial charge on any atom is -0.493 e. The third-order valence-corrected chi connectivity index (χ3v) is 2.78. The summed E-state index contributed by atoms with van der Waals surface area (Å²) in [4.78, 5) is 10.4. The van der Waals surface area contributed by atoms with Crippen LogP contribution in [0.1, 0.15) is 23.1 Å². The molecule has 0 bridgehead atoms. The van der Waals surface area contributed by atoms with Crippen LogP contribution >= 0.6 is 0 Å². The van der Waals surface area contributed by atoms with Gasteiger partial charge in [-0.05, 0) is 43.0 Å². The molecule has 0 radical (unpaired) electrons. The molecule has 0 aromatic heterocycles. The van der Waals surface area contributed by atoms with Gasteiger partial charge in [-0.1, -0.05) is 0 Å².